The standard InChI is InChI=1S/C22H32O3/c1-20-10-6-16(24)14-15(20)4-5-17-18(20)7-11-21(2)19(17)8-12-22(21,25)9-3-13-23/h15,17-19,23,25H,4-8,10-14H2,1-2H3/t15?,17-,18-,19+,20+,21+,22?/m1/s1. The molecule has 0 bridgehead atoms. The number of hydrogen-bond acceptors (Lipinski definition) is 3. The SMILES string of the molecule is C[C@]12CCC(=O)CC1CC[C@@H]1[C@H]2CC[C@@]2(C)[C@H]1CCC2(O)C#CCO. The summed E-state index contributed by atoms with van der Waals surface area (Å²) >= 11 is 0. The maximum atomic E-state index is 12.0. The van der Waals surface area contributed by atoms with Crippen LogP contribution in [0.5, 0.6) is 0 Å². The van der Waals surface area contributed by atoms with Gasteiger partial charge in [0.05, 0.1) is 0 Å². The highest BCUT2D eigenvalue weighted by Gasteiger charge is 2.64. The molecule has 0 spiro atoms. The van der Waals surface area contributed by atoms with Crippen molar-refractivity contribution in [3.05, 3.63) is 0 Å². The van der Waals surface area contributed by atoms with E-state index in [0.717, 1.165) is 44.9 Å². The molecule has 3 nitrogen and oxygen atoms in total. The Balaban J connectivity index is 1.63. The van der Waals surface area contributed by atoms with E-state index in [0.29, 0.717) is 34.9 Å². The van der Waals surface area contributed by atoms with Gasteiger partial charge in [-0.25, -0.2) is 0 Å². The molecular formula is C22H32O3. The van der Waals surface area contributed by atoms with E-state index in [1.54, 1.807) is 0 Å². The lowest BCUT2D eigenvalue weighted by atomic mass is 9.44. The summed E-state index contributed by atoms with van der Waals surface area (Å²) in [6.45, 7) is 4.52. The summed E-state index contributed by atoms with van der Waals surface area (Å²) in [5, 5.41) is 20.3. The van der Waals surface area contributed by atoms with E-state index in [1.807, 2.05) is 0 Å². The molecule has 2 unspecified atom stereocenters. The number of hydrogen-bond donors (Lipinski definition) is 2. The number of rotatable bonds is 0. The molecule has 138 valence electrons. The van der Waals surface area contributed by atoms with Crippen molar-refractivity contribution in [2.45, 2.75) is 77.2 Å². The molecular weight excluding hydrogens is 312 g/mol. The van der Waals surface area contributed by atoms with Crippen LogP contribution < -0.4 is 0 Å². The number of carbonyl (C=O) groups is 1. The summed E-state index contributed by atoms with van der Waals surface area (Å²) in [6.07, 6.45) is 8.98. The summed E-state index contributed by atoms with van der Waals surface area (Å²) in [5.74, 6) is 8.70. The van der Waals surface area contributed by atoms with E-state index in [2.05, 4.69) is 25.7 Å². The summed E-state index contributed by atoms with van der Waals surface area (Å²) in [7, 11) is 0. The Labute approximate surface area is 151 Å². The highest BCUT2D eigenvalue weighted by atomic mass is 16.3. The Bertz CT molecular complexity index is 631. The van der Waals surface area contributed by atoms with Gasteiger partial charge in [0.15, 0.2) is 0 Å². The van der Waals surface area contributed by atoms with E-state index < -0.39 is 5.60 Å². The molecule has 0 aromatic rings. The summed E-state index contributed by atoms with van der Waals surface area (Å²) in [5.41, 5.74) is -0.773. The first-order valence-corrected chi connectivity index (χ1v) is 10.2. The second-order valence-electron chi connectivity index (χ2n) is 9.71. The van der Waals surface area contributed by atoms with Crippen LogP contribution in [0.4, 0.5) is 0 Å². The first-order chi connectivity index (χ1) is 11.8. The molecule has 0 aromatic heterocycles. The number of fused-ring (bicyclic) bond motifs is 5. The van der Waals surface area contributed by atoms with E-state index in [4.69, 9.17) is 5.11 Å². The lowest BCUT2D eigenvalue weighted by molar-refractivity contribution is -0.147. The Kier molecular flexibility index (Phi) is 4.09. The molecule has 4 rings (SSSR count). The normalized spacial score (nSPS) is 51.8. The Morgan fingerprint density at radius 2 is 1.84 bits per heavy atom. The van der Waals surface area contributed by atoms with Crippen molar-refractivity contribution in [2.24, 2.45) is 34.5 Å². The fraction of sp³-hybridized carbons (Fsp3) is 0.864. The van der Waals surface area contributed by atoms with Crippen molar-refractivity contribution in [1.29, 1.82) is 0 Å². The van der Waals surface area contributed by atoms with Gasteiger partial charge in [-0.15, -0.1) is 0 Å². The molecule has 4 aliphatic carbocycles. The molecule has 2 N–H and O–H groups in total. The van der Waals surface area contributed by atoms with Gasteiger partial charge in [-0.1, -0.05) is 25.7 Å². The van der Waals surface area contributed by atoms with Gasteiger partial charge < -0.3 is 10.2 Å². The van der Waals surface area contributed by atoms with Crippen LogP contribution in [0.15, 0.2) is 0 Å². The van der Waals surface area contributed by atoms with Gasteiger partial charge in [0, 0.05) is 18.3 Å². The molecule has 4 saturated carbocycles. The average Bonchev–Trinajstić information content (AvgIpc) is 2.85. The predicted molar refractivity (Wildman–Crippen MR) is 96.5 cm³/mol. The van der Waals surface area contributed by atoms with Crippen LogP contribution in [-0.2, 0) is 4.79 Å². The summed E-state index contributed by atoms with van der Waals surface area (Å²) in [4.78, 5) is 12.0. The first kappa shape index (κ1) is 17.6. The number of carbonyl (C=O) groups excluding carboxylic acids is 1. The monoisotopic (exact) mass is 344 g/mol. The lowest BCUT2D eigenvalue weighted by Crippen LogP contribution is -2.56. The molecule has 0 aliphatic heterocycles. The minimum absolute atomic E-state index is 0.149. The van der Waals surface area contributed by atoms with Crippen LogP contribution >= 0.6 is 0 Å². The van der Waals surface area contributed by atoms with Crippen LogP contribution in [0.3, 0.4) is 0 Å². The Morgan fingerprint density at radius 3 is 2.60 bits per heavy atom. The third-order valence-corrected chi connectivity index (χ3v) is 9.01. The Hall–Kier alpha value is -0.850. The molecule has 0 heterocycles. The third kappa shape index (κ3) is 2.37. The topological polar surface area (TPSA) is 57.5 Å². The zero-order chi connectivity index (χ0) is 17.9. The van der Waals surface area contributed by atoms with Gasteiger partial charge in [0.1, 0.15) is 18.0 Å². The molecule has 0 saturated heterocycles. The van der Waals surface area contributed by atoms with Gasteiger partial charge in [-0.3, -0.25) is 4.79 Å². The second-order valence-corrected chi connectivity index (χ2v) is 9.71. The molecule has 3 heteroatoms. The van der Waals surface area contributed by atoms with Crippen molar-refractivity contribution in [1.82, 2.24) is 0 Å². The number of aliphatic hydroxyl groups excluding tert-OH is 1. The second kappa shape index (κ2) is 5.83. The summed E-state index contributed by atoms with van der Waals surface area (Å²) in [6, 6.07) is 0. The fourth-order valence-corrected chi connectivity index (χ4v) is 7.45. The fourth-order valence-electron chi connectivity index (χ4n) is 7.45. The minimum Gasteiger partial charge on any atom is -0.384 e. The smallest absolute Gasteiger partial charge is 0.133 e. The number of Topliss-reactive ketones (excluding diaryl/α,β-unsaturated/α-hetero) is 1. The zero-order valence-corrected chi connectivity index (χ0v) is 15.7. The van der Waals surface area contributed by atoms with Gasteiger partial charge in [0.2, 0.25) is 0 Å². The number of ketones is 1. The zero-order valence-electron chi connectivity index (χ0n) is 15.7. The van der Waals surface area contributed by atoms with E-state index >= 15 is 0 Å². The van der Waals surface area contributed by atoms with Crippen LogP contribution in [0.25, 0.3) is 0 Å². The maximum absolute atomic E-state index is 12.0. The van der Waals surface area contributed by atoms with Crippen molar-refractivity contribution in [2.75, 3.05) is 6.61 Å². The third-order valence-electron chi connectivity index (χ3n) is 9.01. The molecule has 0 radical (unpaired) electrons. The number of aliphatic hydroxyl groups is 2. The highest BCUT2D eigenvalue weighted by Crippen LogP contribution is 2.67. The van der Waals surface area contributed by atoms with Crippen molar-refractivity contribution in [3.63, 3.8) is 0 Å². The molecule has 4 fully saturated rings. The Morgan fingerprint density at radius 1 is 1.08 bits per heavy atom. The van der Waals surface area contributed by atoms with Crippen LogP contribution in [0.2, 0.25) is 0 Å². The van der Waals surface area contributed by atoms with Gasteiger partial charge in [-0.2, -0.15) is 0 Å². The van der Waals surface area contributed by atoms with Crippen LogP contribution in [0, 0.1) is 46.3 Å². The first-order valence-electron chi connectivity index (χ1n) is 10.2. The van der Waals surface area contributed by atoms with E-state index in [-0.39, 0.29) is 12.0 Å². The van der Waals surface area contributed by atoms with Crippen LogP contribution in [-0.4, -0.2) is 28.2 Å². The molecule has 0 aromatic carbocycles. The van der Waals surface area contributed by atoms with Crippen molar-refractivity contribution < 1.29 is 15.0 Å². The molecule has 4 aliphatic rings. The largest absolute Gasteiger partial charge is 0.384 e. The highest BCUT2D eigenvalue weighted by molar-refractivity contribution is 5.79. The maximum Gasteiger partial charge on any atom is 0.133 e. The van der Waals surface area contributed by atoms with Crippen molar-refractivity contribution >= 4 is 5.78 Å². The van der Waals surface area contributed by atoms with Gasteiger partial charge in [0.25, 0.3) is 0 Å². The lowest BCUT2D eigenvalue weighted by Gasteiger charge is -2.60. The van der Waals surface area contributed by atoms with E-state index in [9.17, 15) is 9.90 Å². The van der Waals surface area contributed by atoms with Crippen molar-refractivity contribution in [3.8, 4) is 11.8 Å². The van der Waals surface area contributed by atoms with Gasteiger partial charge >= 0.3 is 0 Å². The molecule has 7 atom stereocenters. The quantitative estimate of drug-likeness (QED) is 0.663. The van der Waals surface area contributed by atoms with Gasteiger partial charge in [-0.05, 0) is 74.0 Å². The minimum atomic E-state index is -0.939. The van der Waals surface area contributed by atoms with E-state index in [1.165, 1.54) is 12.8 Å². The molecule has 25 heavy (non-hydrogen) atoms. The van der Waals surface area contributed by atoms with Crippen LogP contribution in [0.1, 0.15) is 71.6 Å². The average molecular weight is 344 g/mol. The predicted octanol–water partition coefficient (Wildman–Crippen LogP) is 3.33. The molecule has 0 amide bonds. The summed E-state index contributed by atoms with van der Waals surface area (Å²) < 4.78 is 0.